The van der Waals surface area contributed by atoms with E-state index in [1.54, 1.807) is 0 Å². The van der Waals surface area contributed by atoms with Gasteiger partial charge in [-0.25, -0.2) is 0 Å². The number of hydrogen-bond acceptors (Lipinski definition) is 2. The molecule has 0 saturated heterocycles. The number of carboxylic acid groups (broad SMARTS) is 1. The first-order valence-electron chi connectivity index (χ1n) is 3.88. The van der Waals surface area contributed by atoms with Crippen molar-refractivity contribution in [1.29, 1.82) is 5.41 Å². The lowest BCUT2D eigenvalue weighted by atomic mass is 10.3. The number of unbranched alkanes of at least 4 members (excludes halogenated alkanes) is 1. The fraction of sp³-hybridized carbons (Fsp3) is 0.714. The van der Waals surface area contributed by atoms with Gasteiger partial charge in [0.05, 0.1) is 0 Å². The summed E-state index contributed by atoms with van der Waals surface area (Å²) in [5.41, 5.74) is 5.17. The minimum atomic E-state index is -0.957. The summed E-state index contributed by atoms with van der Waals surface area (Å²) < 4.78 is 0. The maximum atomic E-state index is 10.3. The highest BCUT2D eigenvalue weighted by atomic mass is 16.4. The third-order valence-corrected chi connectivity index (χ3v) is 1.45. The van der Waals surface area contributed by atoms with Gasteiger partial charge in [-0.3, -0.25) is 10.2 Å². The van der Waals surface area contributed by atoms with E-state index in [0.717, 1.165) is 12.8 Å². The number of carbonyl (C=O) groups is 1. The van der Waals surface area contributed by atoms with E-state index in [-0.39, 0.29) is 12.5 Å². The van der Waals surface area contributed by atoms with Crippen LogP contribution in [0.3, 0.4) is 0 Å². The topological polar surface area (TPSA) is 90.4 Å². The Morgan fingerprint density at radius 2 is 2.25 bits per heavy atom. The Labute approximate surface area is 71.7 Å². The minimum Gasteiger partial charge on any atom is -0.480 e. The lowest BCUT2D eigenvalue weighted by Gasteiger charge is -2.19. The third-order valence-electron chi connectivity index (χ3n) is 1.45. The smallest absolute Gasteiger partial charge is 0.323 e. The Morgan fingerprint density at radius 3 is 2.58 bits per heavy atom. The van der Waals surface area contributed by atoms with E-state index in [1.807, 2.05) is 6.92 Å². The van der Waals surface area contributed by atoms with Gasteiger partial charge in [-0.1, -0.05) is 13.3 Å². The molecule has 5 heteroatoms. The third kappa shape index (κ3) is 4.54. The van der Waals surface area contributed by atoms with Gasteiger partial charge in [0.25, 0.3) is 0 Å². The Kier molecular flexibility index (Phi) is 4.83. The standard InChI is InChI=1S/C7H15N3O2/c1-2-3-4-10(7(8)9)5-6(11)12/h2-5H2,1H3,(H3,8,9)(H,11,12). The minimum absolute atomic E-state index is 0.175. The number of nitrogens with two attached hydrogens (primary N) is 1. The molecule has 0 radical (unpaired) electrons. The molecule has 0 fully saturated rings. The molecule has 5 nitrogen and oxygen atoms in total. The van der Waals surface area contributed by atoms with Gasteiger partial charge in [-0.05, 0) is 6.42 Å². The lowest BCUT2D eigenvalue weighted by molar-refractivity contribution is -0.137. The van der Waals surface area contributed by atoms with E-state index in [2.05, 4.69) is 0 Å². The quantitative estimate of drug-likeness (QED) is 0.405. The van der Waals surface area contributed by atoms with Gasteiger partial charge in [0.15, 0.2) is 5.96 Å². The van der Waals surface area contributed by atoms with Crippen molar-refractivity contribution in [2.75, 3.05) is 13.1 Å². The molecule has 0 aliphatic carbocycles. The molecule has 0 bridgehead atoms. The summed E-state index contributed by atoms with van der Waals surface area (Å²) in [5.74, 6) is -1.13. The second kappa shape index (κ2) is 5.40. The number of hydrogen-bond donors (Lipinski definition) is 3. The highest BCUT2D eigenvalue weighted by molar-refractivity contribution is 5.80. The summed E-state index contributed by atoms with van der Waals surface area (Å²) in [4.78, 5) is 11.6. The Balaban J connectivity index is 3.87. The monoisotopic (exact) mass is 173 g/mol. The number of guanidine groups is 1. The molecule has 0 rings (SSSR count). The fourth-order valence-electron chi connectivity index (χ4n) is 0.797. The molecule has 0 aromatic carbocycles. The molecule has 4 N–H and O–H groups in total. The van der Waals surface area contributed by atoms with Crippen molar-refractivity contribution in [2.24, 2.45) is 5.73 Å². The number of rotatable bonds is 5. The second-order valence-corrected chi connectivity index (χ2v) is 2.55. The van der Waals surface area contributed by atoms with Gasteiger partial charge in [0.1, 0.15) is 6.54 Å². The summed E-state index contributed by atoms with van der Waals surface area (Å²) >= 11 is 0. The van der Waals surface area contributed by atoms with Crippen LogP contribution in [0.5, 0.6) is 0 Å². The summed E-state index contributed by atoms with van der Waals surface area (Å²) in [6, 6.07) is 0. The van der Waals surface area contributed by atoms with Crippen LogP contribution in [0.1, 0.15) is 19.8 Å². The van der Waals surface area contributed by atoms with Crippen molar-refractivity contribution >= 4 is 11.9 Å². The molecular weight excluding hydrogens is 158 g/mol. The van der Waals surface area contributed by atoms with Crippen molar-refractivity contribution in [3.05, 3.63) is 0 Å². The Bertz CT molecular complexity index is 170. The van der Waals surface area contributed by atoms with E-state index in [1.165, 1.54) is 4.90 Å². The molecule has 0 aromatic rings. The van der Waals surface area contributed by atoms with Gasteiger partial charge in [0.2, 0.25) is 0 Å². The van der Waals surface area contributed by atoms with E-state index in [4.69, 9.17) is 16.2 Å². The molecule has 12 heavy (non-hydrogen) atoms. The van der Waals surface area contributed by atoms with Crippen molar-refractivity contribution in [3.63, 3.8) is 0 Å². The first-order chi connectivity index (χ1) is 5.57. The predicted octanol–water partition coefficient (Wildman–Crippen LogP) is 0.0666. The maximum absolute atomic E-state index is 10.3. The van der Waals surface area contributed by atoms with Crippen LogP contribution in [-0.2, 0) is 4.79 Å². The molecular formula is C7H15N3O2. The van der Waals surface area contributed by atoms with Crippen LogP contribution in [0.15, 0.2) is 0 Å². The predicted molar refractivity (Wildman–Crippen MR) is 46.0 cm³/mol. The van der Waals surface area contributed by atoms with Crippen molar-refractivity contribution in [1.82, 2.24) is 4.90 Å². The molecule has 70 valence electrons. The Morgan fingerprint density at radius 1 is 1.67 bits per heavy atom. The van der Waals surface area contributed by atoms with Gasteiger partial charge in [-0.2, -0.15) is 0 Å². The van der Waals surface area contributed by atoms with Crippen LogP contribution in [0.25, 0.3) is 0 Å². The van der Waals surface area contributed by atoms with Crippen LogP contribution >= 0.6 is 0 Å². The maximum Gasteiger partial charge on any atom is 0.323 e. The van der Waals surface area contributed by atoms with E-state index >= 15 is 0 Å². The molecule has 0 unspecified atom stereocenters. The average Bonchev–Trinajstić information content (AvgIpc) is 1.96. The SMILES string of the molecule is CCCCN(CC(=O)O)C(=N)N. The van der Waals surface area contributed by atoms with Crippen molar-refractivity contribution in [3.8, 4) is 0 Å². The number of aliphatic carboxylic acids is 1. The van der Waals surface area contributed by atoms with E-state index in [9.17, 15) is 4.79 Å². The lowest BCUT2D eigenvalue weighted by Crippen LogP contribution is -2.40. The van der Waals surface area contributed by atoms with E-state index < -0.39 is 5.97 Å². The molecule has 0 saturated carbocycles. The molecule has 0 aliphatic rings. The molecule has 0 spiro atoms. The normalized spacial score (nSPS) is 9.42. The summed E-state index contributed by atoms with van der Waals surface area (Å²) in [5, 5.41) is 15.5. The van der Waals surface area contributed by atoms with Gasteiger partial charge < -0.3 is 15.7 Å². The number of carboxylic acids is 1. The number of nitrogens with one attached hydrogen (secondary N) is 1. The van der Waals surface area contributed by atoms with Crippen molar-refractivity contribution in [2.45, 2.75) is 19.8 Å². The van der Waals surface area contributed by atoms with E-state index in [0.29, 0.717) is 6.54 Å². The van der Waals surface area contributed by atoms with Crippen LogP contribution in [0.4, 0.5) is 0 Å². The fourth-order valence-corrected chi connectivity index (χ4v) is 0.797. The first-order valence-corrected chi connectivity index (χ1v) is 3.88. The zero-order valence-corrected chi connectivity index (χ0v) is 7.21. The highest BCUT2D eigenvalue weighted by Crippen LogP contribution is 1.93. The molecule has 0 aromatic heterocycles. The van der Waals surface area contributed by atoms with Crippen LogP contribution < -0.4 is 5.73 Å². The first kappa shape index (κ1) is 10.7. The zero-order valence-electron chi connectivity index (χ0n) is 7.21. The molecule has 0 atom stereocenters. The number of nitrogens with zero attached hydrogens (tertiary/aromatic N) is 1. The molecule has 0 aliphatic heterocycles. The van der Waals surface area contributed by atoms with Crippen LogP contribution in [-0.4, -0.2) is 35.0 Å². The second-order valence-electron chi connectivity index (χ2n) is 2.55. The summed E-state index contributed by atoms with van der Waals surface area (Å²) in [6.45, 7) is 2.35. The van der Waals surface area contributed by atoms with Gasteiger partial charge in [-0.15, -0.1) is 0 Å². The van der Waals surface area contributed by atoms with Crippen LogP contribution in [0.2, 0.25) is 0 Å². The zero-order chi connectivity index (χ0) is 9.56. The Hall–Kier alpha value is -1.26. The molecule has 0 heterocycles. The van der Waals surface area contributed by atoms with Crippen LogP contribution in [0, 0.1) is 5.41 Å². The van der Waals surface area contributed by atoms with Crippen molar-refractivity contribution < 1.29 is 9.90 Å². The summed E-state index contributed by atoms with van der Waals surface area (Å²) in [6.07, 6.45) is 1.82. The largest absolute Gasteiger partial charge is 0.480 e. The van der Waals surface area contributed by atoms with Gasteiger partial charge >= 0.3 is 5.97 Å². The average molecular weight is 173 g/mol. The highest BCUT2D eigenvalue weighted by Gasteiger charge is 2.09. The molecule has 0 amide bonds. The van der Waals surface area contributed by atoms with Gasteiger partial charge in [0, 0.05) is 6.54 Å². The summed E-state index contributed by atoms with van der Waals surface area (Å²) in [7, 11) is 0.